The van der Waals surface area contributed by atoms with E-state index in [0.717, 1.165) is 47.3 Å². The minimum atomic E-state index is 0.739. The second kappa shape index (κ2) is 19.1. The van der Waals surface area contributed by atoms with Crippen LogP contribution in [0.25, 0.3) is 0 Å². The van der Waals surface area contributed by atoms with Gasteiger partial charge in [0.25, 0.3) is 0 Å². The Morgan fingerprint density at radius 1 is 0.593 bits per heavy atom. The second-order valence-electron chi connectivity index (χ2n) is 7.67. The van der Waals surface area contributed by atoms with Crippen molar-refractivity contribution in [2.45, 2.75) is 116 Å². The highest BCUT2D eigenvalue weighted by Gasteiger charge is 2.39. The molecule has 2 aliphatic rings. The van der Waals surface area contributed by atoms with Crippen molar-refractivity contribution in [2.24, 2.45) is 47.3 Å². The van der Waals surface area contributed by atoms with Crippen molar-refractivity contribution < 1.29 is 0 Å². The first-order valence-corrected chi connectivity index (χ1v) is 12.7. The zero-order chi connectivity index (χ0) is 22.2. The van der Waals surface area contributed by atoms with E-state index in [1.807, 2.05) is 55.4 Å². The summed E-state index contributed by atoms with van der Waals surface area (Å²) < 4.78 is 0. The molecule has 0 spiro atoms. The summed E-state index contributed by atoms with van der Waals surface area (Å²) in [5, 5.41) is 0. The van der Waals surface area contributed by atoms with Gasteiger partial charge in [-0.3, -0.25) is 0 Å². The Bertz CT molecular complexity index is 312. The third-order valence-corrected chi connectivity index (χ3v) is 6.72. The molecule has 0 radical (unpaired) electrons. The van der Waals surface area contributed by atoms with Gasteiger partial charge in [-0.15, -0.1) is 0 Å². The summed E-state index contributed by atoms with van der Waals surface area (Å²) in [5.41, 5.74) is 0. The summed E-state index contributed by atoms with van der Waals surface area (Å²) in [6.45, 7) is 30.9. The summed E-state index contributed by atoms with van der Waals surface area (Å²) in [4.78, 5) is 0. The lowest BCUT2D eigenvalue weighted by Crippen LogP contribution is -2.31. The normalized spacial score (nSPS) is 35.0. The first-order valence-electron chi connectivity index (χ1n) is 12.7. The van der Waals surface area contributed by atoms with Gasteiger partial charge in [0.1, 0.15) is 0 Å². The van der Waals surface area contributed by atoms with Crippen molar-refractivity contribution in [2.75, 3.05) is 0 Å². The third-order valence-electron chi connectivity index (χ3n) is 6.72. The molecule has 1 fully saturated rings. The molecule has 0 aromatic heterocycles. The van der Waals surface area contributed by atoms with Crippen molar-refractivity contribution in [3.8, 4) is 0 Å². The molecule has 0 amide bonds. The standard InChI is InChI=1S/C19H34.4C2H6/c1-7-18-14(4)13(3)12(2)8-11-19(17-9-10-17)16(6)15(18)5;4*1-2/h8,11-19H,7,9-10H2,1-6H3;4*1-2H3/t12-,13?,14?,15?,16?,18?,19?;;;;/m1..../s1. The molecule has 0 aromatic rings. The van der Waals surface area contributed by atoms with Crippen molar-refractivity contribution >= 4 is 0 Å². The number of hydrogen-bond donors (Lipinski definition) is 0. The van der Waals surface area contributed by atoms with Crippen LogP contribution in [0.3, 0.4) is 0 Å². The molecule has 0 saturated heterocycles. The molecule has 27 heavy (non-hydrogen) atoms. The van der Waals surface area contributed by atoms with Crippen LogP contribution in [0.15, 0.2) is 12.2 Å². The van der Waals surface area contributed by atoms with E-state index in [1.165, 1.54) is 19.3 Å². The van der Waals surface area contributed by atoms with Crippen LogP contribution in [0.5, 0.6) is 0 Å². The highest BCUT2D eigenvalue weighted by molar-refractivity contribution is 5.03. The lowest BCUT2D eigenvalue weighted by Gasteiger charge is -2.37. The molecule has 1 saturated carbocycles. The Morgan fingerprint density at radius 3 is 1.37 bits per heavy atom. The molecule has 0 aliphatic heterocycles. The smallest absolute Gasteiger partial charge is 0.0177 e. The molecule has 0 N–H and O–H groups in total. The fourth-order valence-electron chi connectivity index (χ4n) is 4.55. The zero-order valence-corrected chi connectivity index (χ0v) is 21.9. The molecule has 0 nitrogen and oxygen atoms in total. The van der Waals surface area contributed by atoms with Gasteiger partial charge < -0.3 is 0 Å². The fourth-order valence-corrected chi connectivity index (χ4v) is 4.55. The average Bonchev–Trinajstić information content (AvgIpc) is 3.58. The van der Waals surface area contributed by atoms with Gasteiger partial charge >= 0.3 is 0 Å². The first-order chi connectivity index (χ1) is 13.0. The Balaban J connectivity index is -0.000000638. The van der Waals surface area contributed by atoms with Crippen LogP contribution in [0, 0.1) is 47.3 Å². The van der Waals surface area contributed by atoms with Gasteiger partial charge in [-0.2, -0.15) is 0 Å². The number of rotatable bonds is 2. The van der Waals surface area contributed by atoms with Gasteiger partial charge in [0.05, 0.1) is 0 Å². The monoisotopic (exact) mass is 382 g/mol. The van der Waals surface area contributed by atoms with Crippen molar-refractivity contribution in [1.82, 2.24) is 0 Å². The van der Waals surface area contributed by atoms with Crippen LogP contribution in [-0.2, 0) is 0 Å². The van der Waals surface area contributed by atoms with Crippen molar-refractivity contribution in [3.63, 3.8) is 0 Å². The summed E-state index contributed by atoms with van der Waals surface area (Å²) in [7, 11) is 0. The Hall–Kier alpha value is -0.260. The molecular weight excluding hydrogens is 324 g/mol. The minimum Gasteiger partial charge on any atom is -0.0851 e. The maximum Gasteiger partial charge on any atom is -0.0177 e. The highest BCUT2D eigenvalue weighted by Crippen LogP contribution is 2.48. The molecular formula is C27H58. The summed E-state index contributed by atoms with van der Waals surface area (Å²) in [6.07, 6.45) is 9.45. The lowest BCUT2D eigenvalue weighted by atomic mass is 9.68. The summed E-state index contributed by atoms with van der Waals surface area (Å²) >= 11 is 0. The van der Waals surface area contributed by atoms with E-state index in [4.69, 9.17) is 0 Å². The largest absolute Gasteiger partial charge is 0.0851 e. The predicted octanol–water partition coefficient (Wildman–Crippen LogP) is 9.89. The van der Waals surface area contributed by atoms with Gasteiger partial charge in [0, 0.05) is 0 Å². The maximum atomic E-state index is 2.60. The molecule has 2 aliphatic carbocycles. The van der Waals surface area contributed by atoms with Gasteiger partial charge in [-0.1, -0.05) is 116 Å². The minimum absolute atomic E-state index is 0.739. The van der Waals surface area contributed by atoms with Gasteiger partial charge in [0.15, 0.2) is 0 Å². The van der Waals surface area contributed by atoms with E-state index >= 15 is 0 Å². The topological polar surface area (TPSA) is 0 Å². The van der Waals surface area contributed by atoms with Crippen LogP contribution in [0.4, 0.5) is 0 Å². The summed E-state index contributed by atoms with van der Waals surface area (Å²) in [5.74, 6) is 6.87. The van der Waals surface area contributed by atoms with Crippen LogP contribution in [0.2, 0.25) is 0 Å². The molecule has 166 valence electrons. The van der Waals surface area contributed by atoms with E-state index in [1.54, 1.807) is 0 Å². The SMILES string of the molecule is CC.CC.CC.CC.CCC1C(C)C(C)C(C2CC2)C=C[C@@H](C)C(C)C1C. The van der Waals surface area contributed by atoms with Crippen LogP contribution in [0.1, 0.15) is 116 Å². The highest BCUT2D eigenvalue weighted by atomic mass is 14.4. The molecule has 0 aromatic carbocycles. The Labute approximate surface area is 176 Å². The maximum absolute atomic E-state index is 2.60. The summed E-state index contributed by atoms with van der Waals surface area (Å²) in [6, 6.07) is 0. The predicted molar refractivity (Wildman–Crippen MR) is 130 cm³/mol. The van der Waals surface area contributed by atoms with E-state index < -0.39 is 0 Å². The second-order valence-corrected chi connectivity index (χ2v) is 7.67. The van der Waals surface area contributed by atoms with Gasteiger partial charge in [-0.25, -0.2) is 0 Å². The third kappa shape index (κ3) is 10.2. The zero-order valence-electron chi connectivity index (χ0n) is 21.9. The van der Waals surface area contributed by atoms with Gasteiger partial charge in [-0.05, 0) is 60.2 Å². The van der Waals surface area contributed by atoms with Crippen molar-refractivity contribution in [1.29, 1.82) is 0 Å². The average molecular weight is 383 g/mol. The van der Waals surface area contributed by atoms with Crippen LogP contribution in [-0.4, -0.2) is 0 Å². The van der Waals surface area contributed by atoms with E-state index in [2.05, 4.69) is 53.7 Å². The molecule has 0 heteroatoms. The van der Waals surface area contributed by atoms with Crippen LogP contribution < -0.4 is 0 Å². The quantitative estimate of drug-likeness (QED) is 0.417. The van der Waals surface area contributed by atoms with Gasteiger partial charge in [0.2, 0.25) is 0 Å². The molecule has 6 unspecified atom stereocenters. The molecule has 7 atom stereocenters. The number of hydrogen-bond acceptors (Lipinski definition) is 0. The lowest BCUT2D eigenvalue weighted by molar-refractivity contribution is 0.117. The fraction of sp³-hybridized carbons (Fsp3) is 0.926. The molecule has 0 bridgehead atoms. The van der Waals surface area contributed by atoms with Crippen LogP contribution >= 0.6 is 0 Å². The van der Waals surface area contributed by atoms with E-state index in [0.29, 0.717) is 0 Å². The Kier molecular flexibility index (Phi) is 22.2. The van der Waals surface area contributed by atoms with E-state index in [-0.39, 0.29) is 0 Å². The van der Waals surface area contributed by atoms with Crippen molar-refractivity contribution in [3.05, 3.63) is 12.2 Å². The molecule has 0 heterocycles. The molecule has 2 rings (SSSR count). The Morgan fingerprint density at radius 2 is 1.00 bits per heavy atom. The number of allylic oxidation sites excluding steroid dienone is 2. The first kappa shape index (κ1) is 31.4. The van der Waals surface area contributed by atoms with E-state index in [9.17, 15) is 0 Å².